The largest absolute Gasteiger partial charge is 0.389 e. The molecule has 15 heavy (non-hydrogen) atoms. The highest BCUT2D eigenvalue weighted by Crippen LogP contribution is 2.25. The molecule has 0 amide bonds. The second-order valence-electron chi connectivity index (χ2n) is 3.29. The molecule has 88 valence electrons. The molecule has 0 radical (unpaired) electrons. The van der Waals surface area contributed by atoms with E-state index < -0.39 is 23.7 Å². The predicted octanol–water partition coefficient (Wildman–Crippen LogP) is -0.251. The minimum atomic E-state index is -1.10. The van der Waals surface area contributed by atoms with Crippen LogP contribution in [0.25, 0.3) is 0 Å². The van der Waals surface area contributed by atoms with Gasteiger partial charge in [0.2, 0.25) is 0 Å². The van der Waals surface area contributed by atoms with Gasteiger partial charge in [0.1, 0.15) is 6.10 Å². The minimum absolute atomic E-state index is 0.107. The predicted molar refractivity (Wildman–Crippen MR) is 55.4 cm³/mol. The fourth-order valence-corrected chi connectivity index (χ4v) is 2.27. The molecule has 4 unspecified atom stereocenters. The minimum Gasteiger partial charge on any atom is -0.389 e. The molecule has 2 N–H and O–H groups in total. The van der Waals surface area contributed by atoms with Crippen LogP contribution in [0.5, 0.6) is 0 Å². The Hall–Kier alpha value is -0.140. The van der Waals surface area contributed by atoms with Crippen molar-refractivity contribution in [3.63, 3.8) is 0 Å². The van der Waals surface area contributed by atoms with Crippen molar-refractivity contribution in [1.29, 1.82) is 0 Å². The fraction of sp³-hybridized carbons (Fsp3) is 0.889. The Morgan fingerprint density at radius 3 is 2.73 bits per heavy atom. The third-order valence-electron chi connectivity index (χ3n) is 2.08. The summed E-state index contributed by atoms with van der Waals surface area (Å²) in [5.74, 6) is 0. The van der Waals surface area contributed by atoms with Crippen molar-refractivity contribution in [3.05, 3.63) is 0 Å². The first-order valence-corrected chi connectivity index (χ1v) is 5.70. The zero-order chi connectivity index (χ0) is 11.4. The maximum atomic E-state index is 10.9. The van der Waals surface area contributed by atoms with Crippen LogP contribution >= 0.6 is 11.8 Å². The summed E-state index contributed by atoms with van der Waals surface area (Å²) in [5.41, 5.74) is 0. The Bertz CT molecular complexity index is 223. The van der Waals surface area contributed by atoms with Gasteiger partial charge in [-0.2, -0.15) is 0 Å². The Kier molecular flexibility index (Phi) is 5.01. The van der Waals surface area contributed by atoms with Crippen LogP contribution in [-0.4, -0.2) is 52.3 Å². The summed E-state index contributed by atoms with van der Waals surface area (Å²) in [4.78, 5) is 10.9. The summed E-state index contributed by atoms with van der Waals surface area (Å²) < 4.78 is 10.3. The first-order chi connectivity index (χ1) is 7.06. The molecule has 1 heterocycles. The van der Waals surface area contributed by atoms with E-state index in [0.717, 1.165) is 11.8 Å². The van der Waals surface area contributed by atoms with Gasteiger partial charge in [0.15, 0.2) is 11.4 Å². The third kappa shape index (κ3) is 3.42. The van der Waals surface area contributed by atoms with E-state index in [1.807, 2.05) is 0 Å². The lowest BCUT2D eigenvalue weighted by Crippen LogP contribution is -2.52. The standard InChI is InChI=1S/C9H16O5S/c1-3-13-9-8(12)7(11)6(4-14-9)15-5(2)10/h6-9,11-12H,3-4H2,1-2H3. The number of thioether (sulfide) groups is 1. The lowest BCUT2D eigenvalue weighted by molar-refractivity contribution is -0.238. The van der Waals surface area contributed by atoms with Gasteiger partial charge < -0.3 is 19.7 Å². The van der Waals surface area contributed by atoms with Crippen LogP contribution in [0.4, 0.5) is 0 Å². The Labute approximate surface area is 92.8 Å². The van der Waals surface area contributed by atoms with Gasteiger partial charge in [0, 0.05) is 13.5 Å². The average Bonchev–Trinajstić information content (AvgIpc) is 2.17. The van der Waals surface area contributed by atoms with E-state index in [0.29, 0.717) is 6.61 Å². The van der Waals surface area contributed by atoms with Crippen molar-refractivity contribution < 1.29 is 24.5 Å². The first-order valence-electron chi connectivity index (χ1n) is 4.82. The number of ether oxygens (including phenoxy) is 2. The molecule has 1 rings (SSSR count). The van der Waals surface area contributed by atoms with Crippen molar-refractivity contribution in [2.75, 3.05) is 13.2 Å². The van der Waals surface area contributed by atoms with Crippen molar-refractivity contribution >= 4 is 16.9 Å². The maximum Gasteiger partial charge on any atom is 0.186 e. The van der Waals surface area contributed by atoms with E-state index in [4.69, 9.17) is 9.47 Å². The Morgan fingerprint density at radius 2 is 2.20 bits per heavy atom. The smallest absolute Gasteiger partial charge is 0.186 e. The van der Waals surface area contributed by atoms with Crippen molar-refractivity contribution in [2.45, 2.75) is 37.6 Å². The highest BCUT2D eigenvalue weighted by molar-refractivity contribution is 8.14. The van der Waals surface area contributed by atoms with E-state index >= 15 is 0 Å². The highest BCUT2D eigenvalue weighted by atomic mass is 32.2. The Balaban J connectivity index is 2.52. The summed E-state index contributed by atoms with van der Waals surface area (Å²) in [6.45, 7) is 3.80. The number of carbonyl (C=O) groups is 1. The maximum absolute atomic E-state index is 10.9. The number of aliphatic hydroxyl groups is 2. The molecule has 6 heteroatoms. The number of carbonyl (C=O) groups excluding carboxylic acids is 1. The van der Waals surface area contributed by atoms with Gasteiger partial charge in [-0.1, -0.05) is 11.8 Å². The molecular formula is C9H16O5S. The first kappa shape index (κ1) is 12.9. The van der Waals surface area contributed by atoms with Gasteiger partial charge in [-0.05, 0) is 6.92 Å². The van der Waals surface area contributed by atoms with Crippen LogP contribution in [0, 0.1) is 0 Å². The van der Waals surface area contributed by atoms with E-state index in [1.54, 1.807) is 6.92 Å². The molecule has 4 atom stereocenters. The highest BCUT2D eigenvalue weighted by Gasteiger charge is 2.39. The molecule has 0 aromatic rings. The second-order valence-corrected chi connectivity index (χ2v) is 4.70. The quantitative estimate of drug-likeness (QED) is 0.703. The lowest BCUT2D eigenvalue weighted by Gasteiger charge is -2.36. The topological polar surface area (TPSA) is 76.0 Å². The van der Waals surface area contributed by atoms with Gasteiger partial charge in [-0.15, -0.1) is 0 Å². The SMILES string of the molecule is CCOC1OCC(SC(C)=O)C(O)C1O. The summed E-state index contributed by atoms with van der Waals surface area (Å²) >= 11 is 0.978. The van der Waals surface area contributed by atoms with Crippen LogP contribution in [-0.2, 0) is 14.3 Å². The molecule has 1 saturated heterocycles. The van der Waals surface area contributed by atoms with Gasteiger partial charge in [0.05, 0.1) is 18.0 Å². The number of hydrogen-bond acceptors (Lipinski definition) is 6. The second kappa shape index (κ2) is 5.81. The van der Waals surface area contributed by atoms with E-state index in [-0.39, 0.29) is 11.7 Å². The molecule has 0 aromatic heterocycles. The lowest BCUT2D eigenvalue weighted by atomic mass is 10.1. The van der Waals surface area contributed by atoms with Crippen LogP contribution in [0.2, 0.25) is 0 Å². The van der Waals surface area contributed by atoms with Crippen LogP contribution < -0.4 is 0 Å². The Morgan fingerprint density at radius 1 is 1.53 bits per heavy atom. The van der Waals surface area contributed by atoms with Gasteiger partial charge >= 0.3 is 0 Å². The molecule has 1 aliphatic heterocycles. The molecule has 5 nitrogen and oxygen atoms in total. The zero-order valence-corrected chi connectivity index (χ0v) is 9.57. The zero-order valence-electron chi connectivity index (χ0n) is 8.75. The molecule has 0 aromatic carbocycles. The van der Waals surface area contributed by atoms with Crippen LogP contribution in [0.15, 0.2) is 0 Å². The summed E-state index contributed by atoms with van der Waals surface area (Å²) in [6.07, 6.45) is -2.89. The molecule has 0 aliphatic carbocycles. The molecule has 1 aliphatic rings. The number of hydrogen-bond donors (Lipinski definition) is 2. The van der Waals surface area contributed by atoms with Gasteiger partial charge in [0.25, 0.3) is 0 Å². The van der Waals surface area contributed by atoms with Crippen molar-refractivity contribution in [1.82, 2.24) is 0 Å². The van der Waals surface area contributed by atoms with Crippen LogP contribution in [0.3, 0.4) is 0 Å². The van der Waals surface area contributed by atoms with Gasteiger partial charge in [-0.3, -0.25) is 4.79 Å². The fourth-order valence-electron chi connectivity index (χ4n) is 1.40. The number of rotatable bonds is 3. The normalized spacial score (nSPS) is 36.5. The summed E-state index contributed by atoms with van der Waals surface area (Å²) in [6, 6.07) is 0. The summed E-state index contributed by atoms with van der Waals surface area (Å²) in [7, 11) is 0. The van der Waals surface area contributed by atoms with E-state index in [1.165, 1.54) is 6.92 Å². The van der Waals surface area contributed by atoms with Gasteiger partial charge in [-0.25, -0.2) is 0 Å². The molecule has 0 spiro atoms. The van der Waals surface area contributed by atoms with E-state index in [9.17, 15) is 15.0 Å². The molecule has 0 bridgehead atoms. The average molecular weight is 236 g/mol. The third-order valence-corrected chi connectivity index (χ3v) is 3.13. The van der Waals surface area contributed by atoms with Crippen LogP contribution in [0.1, 0.15) is 13.8 Å². The monoisotopic (exact) mass is 236 g/mol. The van der Waals surface area contributed by atoms with Crippen molar-refractivity contribution in [2.24, 2.45) is 0 Å². The van der Waals surface area contributed by atoms with Crippen molar-refractivity contribution in [3.8, 4) is 0 Å². The molecule has 1 fully saturated rings. The summed E-state index contributed by atoms with van der Waals surface area (Å²) in [5, 5.41) is 18.8. The number of aliphatic hydroxyl groups excluding tert-OH is 2. The van der Waals surface area contributed by atoms with E-state index in [2.05, 4.69) is 0 Å². The molecule has 0 saturated carbocycles. The molecular weight excluding hydrogens is 220 g/mol.